The Kier molecular flexibility index (Phi) is 7.82. The third-order valence-corrected chi connectivity index (χ3v) is 8.36. The number of hydrogen-bond acceptors (Lipinski definition) is 8. The molecule has 12 heteroatoms. The molecule has 2 aromatic heterocycles. The molecule has 11 nitrogen and oxygen atoms in total. The Morgan fingerprint density at radius 2 is 1.83 bits per heavy atom. The number of halogens is 1. The molecule has 0 aliphatic carbocycles. The summed E-state index contributed by atoms with van der Waals surface area (Å²) in [5.74, 6) is -0.420. The van der Waals surface area contributed by atoms with Gasteiger partial charge in [0.05, 0.1) is 34.0 Å². The second-order valence-electron chi connectivity index (χ2n) is 10.7. The van der Waals surface area contributed by atoms with E-state index in [1.54, 1.807) is 42.5 Å². The van der Waals surface area contributed by atoms with Gasteiger partial charge in [0.1, 0.15) is 11.4 Å². The van der Waals surface area contributed by atoms with Crippen LogP contribution in [0.5, 0.6) is 0 Å². The molecule has 2 amide bonds. The molecular formula is C30H31ClN6O5. The molecular weight excluding hydrogens is 560 g/mol. The summed E-state index contributed by atoms with van der Waals surface area (Å²) in [6, 6.07) is 11.4. The van der Waals surface area contributed by atoms with Crippen molar-refractivity contribution in [1.29, 1.82) is 0 Å². The summed E-state index contributed by atoms with van der Waals surface area (Å²) in [6.07, 6.45) is 2.58. The third-order valence-electron chi connectivity index (χ3n) is 8.12. The number of aliphatic hydroxyl groups excluding tert-OH is 2. The summed E-state index contributed by atoms with van der Waals surface area (Å²) in [6.45, 7) is 1.60. The van der Waals surface area contributed by atoms with E-state index >= 15 is 0 Å². The number of benzene rings is 2. The second-order valence-corrected chi connectivity index (χ2v) is 11.1. The fraction of sp³-hybridized carbons (Fsp3) is 0.333. The minimum atomic E-state index is -0.881. The molecule has 1 saturated heterocycles. The average Bonchev–Trinajstić information content (AvgIpc) is 3.51. The van der Waals surface area contributed by atoms with Gasteiger partial charge in [0.15, 0.2) is 0 Å². The maximum Gasteiger partial charge on any atom is 0.261 e. The fourth-order valence-corrected chi connectivity index (χ4v) is 6.22. The van der Waals surface area contributed by atoms with Gasteiger partial charge < -0.3 is 30.8 Å². The molecule has 0 saturated carbocycles. The Morgan fingerprint density at radius 1 is 1.07 bits per heavy atom. The third kappa shape index (κ3) is 5.20. The minimum absolute atomic E-state index is 0.107. The summed E-state index contributed by atoms with van der Waals surface area (Å²) in [5, 5.41) is 27.3. The van der Waals surface area contributed by atoms with Crippen LogP contribution in [-0.2, 0) is 0 Å². The van der Waals surface area contributed by atoms with Crippen molar-refractivity contribution in [3.8, 4) is 11.4 Å². The van der Waals surface area contributed by atoms with Crippen LogP contribution in [0, 0.1) is 5.92 Å². The molecule has 1 fully saturated rings. The number of pyridine rings is 1. The molecule has 2 unspecified atom stereocenters. The summed E-state index contributed by atoms with van der Waals surface area (Å²) in [4.78, 5) is 51.8. The lowest BCUT2D eigenvalue weighted by Gasteiger charge is -2.35. The van der Waals surface area contributed by atoms with Crippen molar-refractivity contribution in [3.63, 3.8) is 0 Å². The van der Waals surface area contributed by atoms with Gasteiger partial charge in [0.2, 0.25) is 0 Å². The van der Waals surface area contributed by atoms with E-state index in [9.17, 15) is 24.6 Å². The van der Waals surface area contributed by atoms with Gasteiger partial charge in [0.25, 0.3) is 17.4 Å². The first-order valence-corrected chi connectivity index (χ1v) is 14.4. The van der Waals surface area contributed by atoms with Crippen LogP contribution in [0.3, 0.4) is 0 Å². The zero-order valence-corrected chi connectivity index (χ0v) is 23.4. The fourth-order valence-electron chi connectivity index (χ4n) is 6.02. The number of H-pyrrole nitrogens is 2. The summed E-state index contributed by atoms with van der Waals surface area (Å²) in [5.41, 5.74) is 2.34. The smallest absolute Gasteiger partial charge is 0.261 e. The molecule has 0 bridgehead atoms. The Morgan fingerprint density at radius 3 is 2.57 bits per heavy atom. The highest BCUT2D eigenvalue weighted by Gasteiger charge is 2.43. The number of nitrogens with zero attached hydrogens (tertiary/aromatic N) is 2. The van der Waals surface area contributed by atoms with E-state index in [4.69, 9.17) is 11.6 Å². The van der Waals surface area contributed by atoms with E-state index in [0.717, 1.165) is 25.9 Å². The number of piperidine rings is 1. The van der Waals surface area contributed by atoms with Crippen LogP contribution >= 0.6 is 11.6 Å². The number of fused-ring (bicyclic) bond motifs is 2. The lowest BCUT2D eigenvalue weighted by atomic mass is 9.87. The number of carbonyl (C=O) groups excluding carboxylic acids is 2. The van der Waals surface area contributed by atoms with Gasteiger partial charge in [-0.15, -0.1) is 0 Å². The van der Waals surface area contributed by atoms with Crippen molar-refractivity contribution in [2.24, 2.45) is 5.92 Å². The molecule has 4 heterocycles. The average molecular weight is 591 g/mol. The van der Waals surface area contributed by atoms with Gasteiger partial charge in [-0.25, -0.2) is 4.98 Å². The molecule has 4 aromatic rings. The highest BCUT2D eigenvalue weighted by Crippen LogP contribution is 2.34. The molecule has 42 heavy (non-hydrogen) atoms. The molecule has 2 aromatic carbocycles. The highest BCUT2D eigenvalue weighted by atomic mass is 35.5. The van der Waals surface area contributed by atoms with Crippen LogP contribution in [0.2, 0.25) is 5.02 Å². The van der Waals surface area contributed by atoms with Crippen molar-refractivity contribution in [2.75, 3.05) is 31.6 Å². The first kappa shape index (κ1) is 28.1. The number of aromatic nitrogens is 3. The number of carbonyl (C=O) groups is 2. The first-order chi connectivity index (χ1) is 20.4. The lowest BCUT2D eigenvalue weighted by molar-refractivity contribution is 0.0464. The lowest BCUT2D eigenvalue weighted by Crippen LogP contribution is -2.47. The van der Waals surface area contributed by atoms with Crippen molar-refractivity contribution < 1.29 is 19.8 Å². The highest BCUT2D eigenvalue weighted by molar-refractivity contribution is 6.30. The van der Waals surface area contributed by atoms with Crippen LogP contribution < -0.4 is 16.2 Å². The van der Waals surface area contributed by atoms with Crippen LogP contribution in [-0.4, -0.2) is 74.2 Å². The van der Waals surface area contributed by atoms with Crippen LogP contribution in [0.4, 0.5) is 5.69 Å². The number of amides is 2. The molecule has 2 aliphatic heterocycles. The Balaban J connectivity index is 1.29. The first-order valence-electron chi connectivity index (χ1n) is 14.0. The quantitative estimate of drug-likeness (QED) is 0.162. The van der Waals surface area contributed by atoms with Gasteiger partial charge in [-0.1, -0.05) is 23.7 Å². The van der Waals surface area contributed by atoms with Crippen molar-refractivity contribution >= 4 is 40.1 Å². The number of anilines is 1. The monoisotopic (exact) mass is 590 g/mol. The van der Waals surface area contributed by atoms with E-state index < -0.39 is 17.6 Å². The topological polar surface area (TPSA) is 163 Å². The minimum Gasteiger partial charge on any atom is -0.396 e. The van der Waals surface area contributed by atoms with Gasteiger partial charge in [-0.3, -0.25) is 19.3 Å². The molecule has 0 spiro atoms. The van der Waals surface area contributed by atoms with Crippen LogP contribution in [0.1, 0.15) is 51.6 Å². The summed E-state index contributed by atoms with van der Waals surface area (Å²) >= 11 is 6.05. The normalized spacial score (nSPS) is 17.1. The maximum atomic E-state index is 13.6. The summed E-state index contributed by atoms with van der Waals surface area (Å²) in [7, 11) is 0. The Labute approximate surface area is 245 Å². The van der Waals surface area contributed by atoms with Gasteiger partial charge in [0, 0.05) is 30.4 Å². The molecule has 6 N–H and O–H groups in total. The van der Waals surface area contributed by atoms with E-state index in [1.807, 2.05) is 0 Å². The number of rotatable bonds is 9. The Hall–Kier alpha value is -4.03. The zero-order chi connectivity index (χ0) is 29.4. The molecule has 2 aliphatic rings. The second kappa shape index (κ2) is 11.7. The standard InChI is InChI=1S/C30H31ClN6O5/c31-18-3-1-2-17(12-18)25(39)15-34-21-6-10-33-28(40)26(21)27-35-22-13-19-20(14-23(22)36-27)30(42)37(29(19)41)24(7-11-38)16-4-8-32-9-5-16/h1-3,6,10,12-14,16,24-25,32,38-39H,4-5,7-9,11,15H2,(H,35,36)(H2,33,34,40). The van der Waals surface area contributed by atoms with Crippen LogP contribution in [0.15, 0.2) is 53.5 Å². The van der Waals surface area contributed by atoms with Crippen molar-refractivity contribution in [1.82, 2.24) is 25.2 Å². The molecule has 218 valence electrons. The van der Waals surface area contributed by atoms with Gasteiger partial charge in [-0.05, 0) is 74.2 Å². The van der Waals surface area contributed by atoms with E-state index in [-0.39, 0.29) is 53.5 Å². The molecule has 2 atom stereocenters. The van der Waals surface area contributed by atoms with Crippen LogP contribution in [0.25, 0.3) is 22.4 Å². The van der Waals surface area contributed by atoms with Gasteiger partial charge in [-0.2, -0.15) is 0 Å². The zero-order valence-electron chi connectivity index (χ0n) is 22.7. The van der Waals surface area contributed by atoms with Gasteiger partial charge >= 0.3 is 0 Å². The van der Waals surface area contributed by atoms with E-state index in [0.29, 0.717) is 33.7 Å². The predicted octanol–water partition coefficient (Wildman–Crippen LogP) is 3.06. The maximum absolute atomic E-state index is 13.6. The van der Waals surface area contributed by atoms with Crippen molar-refractivity contribution in [2.45, 2.75) is 31.4 Å². The van der Waals surface area contributed by atoms with Crippen molar-refractivity contribution in [3.05, 3.63) is 80.7 Å². The number of imidazole rings is 1. The number of aliphatic hydroxyl groups is 2. The van der Waals surface area contributed by atoms with E-state index in [2.05, 4.69) is 25.6 Å². The SMILES string of the molecule is O=C1c2cc3nc(-c4c(NCC(O)c5cccc(Cl)c5)cc[nH]c4=O)[nH]c3cc2C(=O)N1C(CCO)C1CCNCC1. The molecule has 0 radical (unpaired) electrons. The summed E-state index contributed by atoms with van der Waals surface area (Å²) < 4.78 is 0. The number of imide groups is 1. The number of hydrogen-bond donors (Lipinski definition) is 6. The predicted molar refractivity (Wildman–Crippen MR) is 159 cm³/mol. The van der Waals surface area contributed by atoms with E-state index in [1.165, 1.54) is 11.1 Å². The number of nitrogens with one attached hydrogen (secondary N) is 4. The Bertz CT molecular complexity index is 1660. The largest absolute Gasteiger partial charge is 0.396 e. The molecule has 6 rings (SSSR count). The number of aromatic amines is 2.